The number of halogens is 2. The molecule has 8 nitrogen and oxygen atoms in total. The molecule has 0 spiro atoms. The third-order valence-electron chi connectivity index (χ3n) is 5.58. The van der Waals surface area contributed by atoms with Crippen molar-refractivity contribution in [1.82, 2.24) is 19.6 Å². The molecule has 2 heterocycles. The summed E-state index contributed by atoms with van der Waals surface area (Å²) in [6, 6.07) is 12.8. The van der Waals surface area contributed by atoms with Gasteiger partial charge in [0.1, 0.15) is 0 Å². The van der Waals surface area contributed by atoms with Crippen LogP contribution in [0.3, 0.4) is 0 Å². The summed E-state index contributed by atoms with van der Waals surface area (Å²) in [6.45, 7) is 4.84. The number of benzene rings is 2. The minimum absolute atomic E-state index is 0.382. The Bertz CT molecular complexity index is 1430. The standard InChI is InChI=1S/C25H24Cl2N6O2S/c1-15-23(16(2)33(31-15)12-17-8-9-21(26)22(27)10-17)30-25(36)29-19-11-28-32(14-19)13-18-6-4-5-7-20(18)24(34)35-3/h4-11,14H,12-13H2,1-3H3,(H2,29,30,36). The van der Waals surface area contributed by atoms with Gasteiger partial charge in [0.25, 0.3) is 0 Å². The largest absolute Gasteiger partial charge is 0.465 e. The second kappa shape index (κ2) is 11.1. The average Bonchev–Trinajstić information content (AvgIpc) is 3.40. The van der Waals surface area contributed by atoms with E-state index in [0.29, 0.717) is 39.5 Å². The number of aromatic nitrogens is 4. The van der Waals surface area contributed by atoms with E-state index in [-0.39, 0.29) is 5.97 Å². The molecule has 11 heteroatoms. The van der Waals surface area contributed by atoms with Gasteiger partial charge in [-0.25, -0.2) is 4.79 Å². The van der Waals surface area contributed by atoms with Gasteiger partial charge in [0, 0.05) is 6.20 Å². The number of nitrogens with one attached hydrogen (secondary N) is 2. The Kier molecular flexibility index (Phi) is 7.93. The van der Waals surface area contributed by atoms with Gasteiger partial charge in [-0.2, -0.15) is 10.2 Å². The quantitative estimate of drug-likeness (QED) is 0.229. The van der Waals surface area contributed by atoms with Gasteiger partial charge in [0.15, 0.2) is 5.11 Å². The average molecular weight is 543 g/mol. The summed E-state index contributed by atoms with van der Waals surface area (Å²) in [7, 11) is 1.36. The first-order valence-corrected chi connectivity index (χ1v) is 12.2. The molecule has 4 aromatic rings. The summed E-state index contributed by atoms with van der Waals surface area (Å²) < 4.78 is 8.48. The van der Waals surface area contributed by atoms with Gasteiger partial charge in [0.2, 0.25) is 0 Å². The summed E-state index contributed by atoms with van der Waals surface area (Å²) in [5, 5.41) is 16.8. The summed E-state index contributed by atoms with van der Waals surface area (Å²) >= 11 is 17.7. The summed E-state index contributed by atoms with van der Waals surface area (Å²) in [4.78, 5) is 12.0. The van der Waals surface area contributed by atoms with E-state index in [2.05, 4.69) is 20.8 Å². The number of thiocarbonyl (C=S) groups is 1. The number of carbonyl (C=O) groups is 1. The van der Waals surface area contributed by atoms with Crippen LogP contribution >= 0.6 is 35.4 Å². The van der Waals surface area contributed by atoms with Crippen molar-refractivity contribution in [3.8, 4) is 0 Å². The number of ether oxygens (including phenoxy) is 1. The first-order valence-electron chi connectivity index (χ1n) is 11.0. The van der Waals surface area contributed by atoms with Crippen molar-refractivity contribution in [3.05, 3.63) is 93.0 Å². The molecule has 0 saturated heterocycles. The molecule has 2 N–H and O–H groups in total. The van der Waals surface area contributed by atoms with E-state index in [1.807, 2.05) is 49.0 Å². The van der Waals surface area contributed by atoms with Crippen molar-refractivity contribution in [1.29, 1.82) is 0 Å². The molecule has 0 radical (unpaired) electrons. The normalized spacial score (nSPS) is 10.8. The summed E-state index contributed by atoms with van der Waals surface area (Å²) in [6.07, 6.45) is 3.48. The highest BCUT2D eigenvalue weighted by Gasteiger charge is 2.15. The number of hydrogen-bond donors (Lipinski definition) is 2. The third kappa shape index (κ3) is 5.87. The predicted octanol–water partition coefficient (Wildman–Crippen LogP) is 5.70. The molecular formula is C25H24Cl2N6O2S. The maximum atomic E-state index is 12.0. The second-order valence-electron chi connectivity index (χ2n) is 8.11. The number of aryl methyl sites for hydroxylation is 1. The Morgan fingerprint density at radius 1 is 1.08 bits per heavy atom. The molecule has 0 bridgehead atoms. The lowest BCUT2D eigenvalue weighted by Crippen LogP contribution is -2.19. The highest BCUT2D eigenvalue weighted by Crippen LogP contribution is 2.25. The highest BCUT2D eigenvalue weighted by atomic mass is 35.5. The zero-order chi connectivity index (χ0) is 25.8. The van der Waals surface area contributed by atoms with Gasteiger partial charge < -0.3 is 15.4 Å². The molecule has 0 fully saturated rings. The Labute approximate surface area is 224 Å². The summed E-state index contributed by atoms with van der Waals surface area (Å²) in [5.74, 6) is -0.382. The number of hydrogen-bond acceptors (Lipinski definition) is 5. The van der Waals surface area contributed by atoms with Gasteiger partial charge in [0.05, 0.1) is 64.8 Å². The van der Waals surface area contributed by atoms with Crippen molar-refractivity contribution >= 4 is 57.9 Å². The first-order chi connectivity index (χ1) is 17.2. The number of methoxy groups -OCH3 is 1. The van der Waals surface area contributed by atoms with E-state index in [9.17, 15) is 4.79 Å². The molecule has 2 aromatic heterocycles. The van der Waals surface area contributed by atoms with Crippen LogP contribution in [0, 0.1) is 13.8 Å². The van der Waals surface area contributed by atoms with Crippen LogP contribution in [0.2, 0.25) is 10.0 Å². The minimum atomic E-state index is -0.382. The Hall–Kier alpha value is -3.40. The fourth-order valence-corrected chi connectivity index (χ4v) is 4.32. The lowest BCUT2D eigenvalue weighted by atomic mass is 10.1. The van der Waals surface area contributed by atoms with Crippen LogP contribution in [0.4, 0.5) is 11.4 Å². The van der Waals surface area contributed by atoms with Crippen LogP contribution < -0.4 is 10.6 Å². The highest BCUT2D eigenvalue weighted by molar-refractivity contribution is 7.80. The molecule has 4 rings (SSSR count). The Morgan fingerprint density at radius 2 is 1.86 bits per heavy atom. The van der Waals surface area contributed by atoms with Gasteiger partial charge in [-0.3, -0.25) is 9.36 Å². The Balaban J connectivity index is 1.41. The molecule has 2 aromatic carbocycles. The van der Waals surface area contributed by atoms with Crippen molar-refractivity contribution in [2.75, 3.05) is 17.7 Å². The van der Waals surface area contributed by atoms with Crippen molar-refractivity contribution in [2.24, 2.45) is 0 Å². The minimum Gasteiger partial charge on any atom is -0.465 e. The topological polar surface area (TPSA) is 86.0 Å². The van der Waals surface area contributed by atoms with Crippen LogP contribution in [0.25, 0.3) is 0 Å². The molecule has 0 amide bonds. The van der Waals surface area contributed by atoms with Crippen LogP contribution in [0.1, 0.15) is 32.9 Å². The molecular weight excluding hydrogens is 519 g/mol. The van der Waals surface area contributed by atoms with E-state index in [4.69, 9.17) is 40.2 Å². The van der Waals surface area contributed by atoms with Crippen LogP contribution in [-0.4, -0.2) is 37.8 Å². The van der Waals surface area contributed by atoms with Crippen LogP contribution in [0.5, 0.6) is 0 Å². The zero-order valence-corrected chi connectivity index (χ0v) is 22.2. The van der Waals surface area contributed by atoms with Crippen LogP contribution in [-0.2, 0) is 17.8 Å². The van der Waals surface area contributed by atoms with Crippen LogP contribution in [0.15, 0.2) is 54.9 Å². The fraction of sp³-hybridized carbons (Fsp3) is 0.200. The van der Waals surface area contributed by atoms with Crippen molar-refractivity contribution < 1.29 is 9.53 Å². The molecule has 0 aliphatic heterocycles. The van der Waals surface area contributed by atoms with E-state index < -0.39 is 0 Å². The van der Waals surface area contributed by atoms with E-state index >= 15 is 0 Å². The maximum absolute atomic E-state index is 12.0. The first kappa shape index (κ1) is 25.7. The van der Waals surface area contributed by atoms with E-state index in [1.165, 1.54) is 7.11 Å². The number of anilines is 2. The van der Waals surface area contributed by atoms with Crippen molar-refractivity contribution in [3.63, 3.8) is 0 Å². The SMILES string of the molecule is COC(=O)c1ccccc1Cn1cc(NC(=S)Nc2c(C)nn(Cc3ccc(Cl)c(Cl)c3)c2C)cn1. The lowest BCUT2D eigenvalue weighted by molar-refractivity contribution is 0.0599. The van der Waals surface area contributed by atoms with Gasteiger partial charge in [-0.05, 0) is 55.4 Å². The van der Waals surface area contributed by atoms with Crippen molar-refractivity contribution in [2.45, 2.75) is 26.9 Å². The molecule has 0 aliphatic carbocycles. The number of rotatable bonds is 7. The smallest absolute Gasteiger partial charge is 0.338 e. The maximum Gasteiger partial charge on any atom is 0.338 e. The fourth-order valence-electron chi connectivity index (χ4n) is 3.77. The zero-order valence-electron chi connectivity index (χ0n) is 19.9. The van der Waals surface area contributed by atoms with Gasteiger partial charge >= 0.3 is 5.97 Å². The number of carbonyl (C=O) groups excluding carboxylic acids is 1. The van der Waals surface area contributed by atoms with E-state index in [1.54, 1.807) is 29.1 Å². The summed E-state index contributed by atoms with van der Waals surface area (Å²) in [5.41, 5.74) is 5.58. The van der Waals surface area contributed by atoms with E-state index in [0.717, 1.165) is 28.2 Å². The molecule has 36 heavy (non-hydrogen) atoms. The molecule has 0 unspecified atom stereocenters. The molecule has 0 atom stereocenters. The number of nitrogens with zero attached hydrogens (tertiary/aromatic N) is 4. The van der Waals surface area contributed by atoms with Gasteiger partial charge in [-0.15, -0.1) is 0 Å². The number of esters is 1. The molecule has 0 saturated carbocycles. The second-order valence-corrected chi connectivity index (χ2v) is 9.33. The lowest BCUT2D eigenvalue weighted by Gasteiger charge is -2.10. The molecule has 0 aliphatic rings. The Morgan fingerprint density at radius 3 is 2.61 bits per heavy atom. The molecule has 186 valence electrons. The van der Waals surface area contributed by atoms with Gasteiger partial charge in [-0.1, -0.05) is 47.5 Å². The monoisotopic (exact) mass is 542 g/mol. The predicted molar refractivity (Wildman–Crippen MR) is 146 cm³/mol. The third-order valence-corrected chi connectivity index (χ3v) is 6.53.